The Morgan fingerprint density at radius 3 is 2.58 bits per heavy atom. The lowest BCUT2D eigenvalue weighted by Crippen LogP contribution is -2.39. The lowest BCUT2D eigenvalue weighted by Gasteiger charge is -2.28. The molecule has 0 bridgehead atoms. The zero-order valence-electron chi connectivity index (χ0n) is 18.9. The average Bonchev–Trinajstić information content (AvgIpc) is 3.31. The molecule has 1 aliphatic rings. The van der Waals surface area contributed by atoms with Crippen molar-refractivity contribution < 1.29 is 9.59 Å². The molecule has 0 aliphatic carbocycles. The number of thiocarbonyl (C=S) groups is 1. The topological polar surface area (TPSA) is 55.9 Å². The van der Waals surface area contributed by atoms with Crippen molar-refractivity contribution in [3.8, 4) is 0 Å². The summed E-state index contributed by atoms with van der Waals surface area (Å²) < 4.78 is 2.39. The van der Waals surface area contributed by atoms with Gasteiger partial charge < -0.3 is 15.1 Å². The quantitative estimate of drug-likeness (QED) is 0.243. The van der Waals surface area contributed by atoms with E-state index in [-0.39, 0.29) is 18.4 Å². The predicted molar refractivity (Wildman–Crippen MR) is 136 cm³/mol. The number of unbranched alkanes of at least 4 members (excludes halogenated alkanes) is 1. The van der Waals surface area contributed by atoms with E-state index >= 15 is 0 Å². The Balaban J connectivity index is 2.26. The van der Waals surface area contributed by atoms with Gasteiger partial charge in [-0.3, -0.25) is 4.79 Å². The normalized spacial score (nSPS) is 13.1. The van der Waals surface area contributed by atoms with Crippen LogP contribution in [-0.2, 0) is 4.79 Å². The number of nitrogens with one attached hydrogen (secondary N) is 1. The molecule has 0 spiro atoms. The molecule has 1 saturated heterocycles. The van der Waals surface area contributed by atoms with Gasteiger partial charge >= 0.3 is 6.03 Å². The van der Waals surface area contributed by atoms with Crippen molar-refractivity contribution in [1.82, 2.24) is 10.2 Å². The van der Waals surface area contributed by atoms with E-state index in [1.807, 2.05) is 36.9 Å². The number of hydrogen-bond donors (Lipinski definition) is 1. The van der Waals surface area contributed by atoms with Crippen LogP contribution in [0, 0.1) is 6.92 Å². The molecule has 2 rings (SSSR count). The van der Waals surface area contributed by atoms with E-state index in [1.54, 1.807) is 4.31 Å². The number of likely N-dealkylation sites (N-methyl/N-ethyl adjacent to an activating group) is 1. The second-order valence-electron chi connectivity index (χ2n) is 7.59. The fourth-order valence-electron chi connectivity index (χ4n) is 3.38. The van der Waals surface area contributed by atoms with Gasteiger partial charge in [0.15, 0.2) is 10.1 Å². The molecule has 0 radical (unpaired) electrons. The number of anilines is 2. The Bertz CT molecular complexity index is 794. The molecular weight excluding hydrogens is 428 g/mol. The number of hydrogen-bond acceptors (Lipinski definition) is 5. The van der Waals surface area contributed by atoms with E-state index in [0.717, 1.165) is 60.0 Å². The molecule has 1 aromatic rings. The largest absolute Gasteiger partial charge is 0.364 e. The number of carbonyl (C=O) groups excluding carboxylic acids is 2. The van der Waals surface area contributed by atoms with Crippen molar-refractivity contribution in [2.75, 3.05) is 41.9 Å². The first-order valence-corrected chi connectivity index (χ1v) is 12.1. The first-order valence-electron chi connectivity index (χ1n) is 11.0. The summed E-state index contributed by atoms with van der Waals surface area (Å²) in [6.07, 6.45) is 5.56. The third-order valence-electron chi connectivity index (χ3n) is 5.25. The average molecular weight is 463 g/mol. The molecule has 6 nitrogen and oxygen atoms in total. The molecule has 1 aliphatic heterocycles. The molecule has 2 amide bonds. The van der Waals surface area contributed by atoms with Crippen molar-refractivity contribution >= 4 is 51.7 Å². The van der Waals surface area contributed by atoms with Gasteiger partial charge in [0.2, 0.25) is 0 Å². The summed E-state index contributed by atoms with van der Waals surface area (Å²) in [5.41, 5.74) is 2.69. The van der Waals surface area contributed by atoms with Gasteiger partial charge in [-0.2, -0.15) is 0 Å². The fraction of sp³-hybridized carbons (Fsp3) is 0.522. The molecule has 8 heteroatoms. The summed E-state index contributed by atoms with van der Waals surface area (Å²) in [6.45, 7) is 13.2. The van der Waals surface area contributed by atoms with Gasteiger partial charge in [-0.25, -0.2) is 9.10 Å². The Kier molecular flexibility index (Phi) is 10.3. The first kappa shape index (κ1) is 25.2. The van der Waals surface area contributed by atoms with E-state index < -0.39 is 0 Å². The highest BCUT2D eigenvalue weighted by Crippen LogP contribution is 2.32. The maximum atomic E-state index is 13.0. The van der Waals surface area contributed by atoms with Crippen LogP contribution in [0.3, 0.4) is 0 Å². The number of urea groups is 1. The zero-order chi connectivity index (χ0) is 22.8. The number of benzene rings is 1. The lowest BCUT2D eigenvalue weighted by atomic mass is 10.1. The van der Waals surface area contributed by atoms with Crippen LogP contribution in [0.1, 0.15) is 45.1 Å². The predicted octanol–water partition coefficient (Wildman–Crippen LogP) is 4.92. The third-order valence-corrected chi connectivity index (χ3v) is 6.69. The summed E-state index contributed by atoms with van der Waals surface area (Å²) in [5.74, 6) is -0.0213. The van der Waals surface area contributed by atoms with Gasteiger partial charge in [-0.1, -0.05) is 32.1 Å². The van der Waals surface area contributed by atoms with Gasteiger partial charge in [-0.05, 0) is 62.9 Å². The van der Waals surface area contributed by atoms with E-state index in [4.69, 9.17) is 12.2 Å². The number of ketones is 1. The molecule has 31 heavy (non-hydrogen) atoms. The number of likely N-dealkylation sites (tertiary alicyclic amines) is 1. The summed E-state index contributed by atoms with van der Waals surface area (Å²) in [4.78, 5) is 29.0. The fourth-order valence-corrected chi connectivity index (χ4v) is 4.69. The van der Waals surface area contributed by atoms with Crippen molar-refractivity contribution in [3.05, 3.63) is 36.4 Å². The summed E-state index contributed by atoms with van der Waals surface area (Å²) >= 11 is 6.95. The van der Waals surface area contributed by atoms with Crippen LogP contribution < -0.4 is 14.5 Å². The zero-order valence-corrected chi connectivity index (χ0v) is 20.5. The van der Waals surface area contributed by atoms with Crippen molar-refractivity contribution in [1.29, 1.82) is 0 Å². The van der Waals surface area contributed by atoms with Gasteiger partial charge in [0.1, 0.15) is 0 Å². The van der Waals surface area contributed by atoms with Crippen molar-refractivity contribution in [3.63, 3.8) is 0 Å². The minimum atomic E-state index is -0.162. The van der Waals surface area contributed by atoms with Crippen LogP contribution in [0.4, 0.5) is 16.2 Å². The number of nitrogens with zero attached hydrogens (tertiary/aromatic N) is 3. The number of carbonyl (C=O) groups is 2. The highest BCUT2D eigenvalue weighted by atomic mass is 32.2. The smallest absolute Gasteiger partial charge is 0.332 e. The van der Waals surface area contributed by atoms with E-state index in [9.17, 15) is 9.59 Å². The highest BCUT2D eigenvalue weighted by Gasteiger charge is 2.24. The molecule has 170 valence electrons. The number of rotatable bonds is 9. The molecule has 1 aromatic carbocycles. The molecule has 1 heterocycles. The number of amides is 2. The van der Waals surface area contributed by atoms with E-state index in [1.165, 1.54) is 18.0 Å². The van der Waals surface area contributed by atoms with Gasteiger partial charge in [0.25, 0.3) is 0 Å². The monoisotopic (exact) mass is 462 g/mol. The molecule has 1 N–H and O–H groups in total. The summed E-state index contributed by atoms with van der Waals surface area (Å²) in [7, 11) is 0. The standard InChI is InChI=1S/C23H34N4O2S2/c1-5-8-13-24-22(29)27(31-23(30)26-14-9-10-15-26)21-12-11-19(16-18(21)4)25(7-3)17-20(28)6-2/h6,11-12,16H,2,5,7-10,13-15,17H2,1,3-4H3,(H,24,29). The van der Waals surface area contributed by atoms with Crippen molar-refractivity contribution in [2.24, 2.45) is 0 Å². The lowest BCUT2D eigenvalue weighted by molar-refractivity contribution is -0.113. The van der Waals surface area contributed by atoms with Gasteiger partial charge in [0, 0.05) is 43.8 Å². The van der Waals surface area contributed by atoms with Crippen LogP contribution in [0.25, 0.3) is 0 Å². The van der Waals surface area contributed by atoms with Gasteiger partial charge in [0.05, 0.1) is 12.2 Å². The molecule has 0 atom stereocenters. The van der Waals surface area contributed by atoms with Crippen LogP contribution in [0.2, 0.25) is 0 Å². The second kappa shape index (κ2) is 12.7. The van der Waals surface area contributed by atoms with E-state index in [2.05, 4.69) is 23.7 Å². The minimum Gasteiger partial charge on any atom is -0.364 e. The molecule has 0 unspecified atom stereocenters. The second-order valence-corrected chi connectivity index (χ2v) is 9.17. The Morgan fingerprint density at radius 1 is 1.29 bits per heavy atom. The summed E-state index contributed by atoms with van der Waals surface area (Å²) in [5, 5.41) is 3.01. The van der Waals surface area contributed by atoms with Crippen LogP contribution >= 0.6 is 24.2 Å². The van der Waals surface area contributed by atoms with Crippen LogP contribution in [0.15, 0.2) is 30.9 Å². The van der Waals surface area contributed by atoms with Gasteiger partial charge in [-0.15, -0.1) is 0 Å². The first-order chi connectivity index (χ1) is 14.9. The van der Waals surface area contributed by atoms with Crippen LogP contribution in [-0.4, -0.2) is 53.8 Å². The van der Waals surface area contributed by atoms with E-state index in [0.29, 0.717) is 13.1 Å². The maximum Gasteiger partial charge on any atom is 0.332 e. The highest BCUT2D eigenvalue weighted by molar-refractivity contribution is 8.24. The minimum absolute atomic E-state index is 0.0213. The third kappa shape index (κ3) is 7.25. The molecule has 0 saturated carbocycles. The molecule has 0 aromatic heterocycles. The molecule has 1 fully saturated rings. The SMILES string of the molecule is C=CC(=O)CN(CC)c1ccc(N(SC(=S)N2CCCC2)C(=O)NCCCC)c(C)c1. The maximum absolute atomic E-state index is 13.0. The Morgan fingerprint density at radius 2 is 2.00 bits per heavy atom. The summed E-state index contributed by atoms with van der Waals surface area (Å²) in [6, 6.07) is 5.74. The Labute approximate surface area is 196 Å². The van der Waals surface area contributed by atoms with Crippen LogP contribution in [0.5, 0.6) is 0 Å². The van der Waals surface area contributed by atoms with Crippen molar-refractivity contribution in [2.45, 2.75) is 46.5 Å². The molecular formula is C23H34N4O2S2. The number of aryl methyl sites for hydroxylation is 1. The Hall–Kier alpha value is -2.06.